The van der Waals surface area contributed by atoms with E-state index in [1.807, 2.05) is 0 Å². The van der Waals surface area contributed by atoms with Crippen LogP contribution in [0.1, 0.15) is 33.6 Å². The number of hydrogen-bond donors (Lipinski definition) is 0. The van der Waals surface area contributed by atoms with Crippen molar-refractivity contribution in [3.05, 3.63) is 0 Å². The fraction of sp³-hybridized carbons (Fsp3) is 0.909. The Bertz CT molecular complexity index is 299. The number of hydrogen-bond acceptors (Lipinski definition) is 2. The minimum atomic E-state index is -4.72. The maximum Gasteiger partial charge on any atom is 1.00 e. The zero-order chi connectivity index (χ0) is 14.0. The van der Waals surface area contributed by atoms with Crippen molar-refractivity contribution in [3.63, 3.8) is 0 Å². The minimum Gasteiger partial charge on any atom is -0.449 e. The van der Waals surface area contributed by atoms with Crippen molar-refractivity contribution in [2.45, 2.75) is 45.5 Å². The summed E-state index contributed by atoms with van der Waals surface area (Å²) in [6.07, 6.45) is -0.318. The number of ether oxygens (including phenoxy) is 1. The summed E-state index contributed by atoms with van der Waals surface area (Å²) in [4.78, 5) is 13.2. The number of piperidine rings is 1. The van der Waals surface area contributed by atoms with Crippen molar-refractivity contribution >= 4 is 13.1 Å². The van der Waals surface area contributed by atoms with Crippen LogP contribution in [0.3, 0.4) is 0 Å². The minimum absolute atomic E-state index is 0. The van der Waals surface area contributed by atoms with Crippen LogP contribution >= 0.6 is 0 Å². The molecular weight excluding hydrogens is 285 g/mol. The summed E-state index contributed by atoms with van der Waals surface area (Å²) < 4.78 is 42.0. The van der Waals surface area contributed by atoms with Gasteiger partial charge in [-0.25, -0.2) is 4.79 Å². The molecule has 1 fully saturated rings. The Balaban J connectivity index is 0.00000324. The fourth-order valence-corrected chi connectivity index (χ4v) is 2.06. The average Bonchev–Trinajstić information content (AvgIpc) is 2.13. The summed E-state index contributed by atoms with van der Waals surface area (Å²) >= 11 is 0. The largest absolute Gasteiger partial charge is 1.00 e. The van der Waals surface area contributed by atoms with E-state index in [0.29, 0.717) is 25.9 Å². The molecule has 1 saturated heterocycles. The Labute approximate surface area is 155 Å². The number of carbonyl (C=O) groups is 1. The molecule has 0 radical (unpaired) electrons. The molecule has 0 unspecified atom stereocenters. The molecule has 0 N–H and O–H groups in total. The number of amides is 1. The van der Waals surface area contributed by atoms with Crippen LogP contribution < -0.4 is 51.4 Å². The zero-order valence-corrected chi connectivity index (χ0v) is 15.2. The van der Waals surface area contributed by atoms with E-state index >= 15 is 0 Å². The fourth-order valence-electron chi connectivity index (χ4n) is 2.06. The summed E-state index contributed by atoms with van der Waals surface area (Å²) in [6.45, 7) is 1.29. The number of likely N-dealkylation sites (tertiary alicyclic amines) is 1. The second-order valence-corrected chi connectivity index (χ2v) is 5.86. The van der Waals surface area contributed by atoms with E-state index in [4.69, 9.17) is 4.74 Å². The van der Waals surface area contributed by atoms with Crippen LogP contribution in [0.5, 0.6) is 0 Å². The average molecular weight is 305 g/mol. The van der Waals surface area contributed by atoms with E-state index in [1.54, 1.807) is 20.8 Å². The van der Waals surface area contributed by atoms with Gasteiger partial charge in [-0.1, -0.05) is 12.2 Å². The third-order valence-electron chi connectivity index (χ3n) is 2.87. The maximum atomic E-state index is 12.3. The molecule has 1 heterocycles. The molecule has 0 aromatic carbocycles. The third kappa shape index (κ3) is 8.60. The van der Waals surface area contributed by atoms with Gasteiger partial charge in [-0.15, -0.1) is 0 Å². The van der Waals surface area contributed by atoms with Crippen LogP contribution in [0.4, 0.5) is 17.7 Å². The van der Waals surface area contributed by atoms with Gasteiger partial charge in [0.05, 0.1) is 0 Å². The number of rotatable bonds is 2. The summed E-state index contributed by atoms with van der Waals surface area (Å²) in [5.74, 6) is -0.344. The van der Waals surface area contributed by atoms with Crippen LogP contribution in [0.2, 0.25) is 6.32 Å². The van der Waals surface area contributed by atoms with E-state index in [1.165, 1.54) is 4.90 Å². The Morgan fingerprint density at radius 3 is 2.11 bits per heavy atom. The van der Waals surface area contributed by atoms with Gasteiger partial charge in [0.15, 0.2) is 0 Å². The van der Waals surface area contributed by atoms with Crippen molar-refractivity contribution in [1.82, 2.24) is 4.90 Å². The van der Waals surface area contributed by atoms with E-state index in [-0.39, 0.29) is 57.3 Å². The van der Waals surface area contributed by atoms with Gasteiger partial charge in [0, 0.05) is 13.1 Å². The normalized spacial score (nSPS) is 17.9. The molecule has 0 saturated carbocycles. The van der Waals surface area contributed by atoms with E-state index in [2.05, 4.69) is 0 Å². The summed E-state index contributed by atoms with van der Waals surface area (Å²) in [7, 11) is 0. The number of halogens is 3. The molecule has 19 heavy (non-hydrogen) atoms. The van der Waals surface area contributed by atoms with Crippen LogP contribution in [-0.4, -0.2) is 36.7 Å². The molecule has 1 aliphatic rings. The second-order valence-electron chi connectivity index (χ2n) is 5.86. The molecule has 0 aromatic heterocycles. The SMILES string of the molecule is CC(C)(C)OC(=O)N1CCC(C[B-](F)(F)F)CC1.[K+]. The maximum absolute atomic E-state index is 12.3. The predicted octanol–water partition coefficient (Wildman–Crippen LogP) is 0.485. The Hall–Kier alpha value is 0.761. The summed E-state index contributed by atoms with van der Waals surface area (Å²) in [6, 6.07) is 0. The Kier molecular flexibility index (Phi) is 7.99. The molecule has 0 atom stereocenters. The standard InChI is InChI=1S/C11H20BF3NO2.K/c1-11(2,3)18-10(17)16-6-4-9(5-7-16)8-12(13,14)15;/h9H,4-8H2,1-3H3;/q-1;+1. The molecule has 0 spiro atoms. The van der Waals surface area contributed by atoms with Gasteiger partial charge in [0.2, 0.25) is 0 Å². The van der Waals surface area contributed by atoms with Crippen LogP contribution in [0.25, 0.3) is 0 Å². The first-order valence-corrected chi connectivity index (χ1v) is 6.26. The van der Waals surface area contributed by atoms with Gasteiger partial charge in [0.25, 0.3) is 0 Å². The van der Waals surface area contributed by atoms with Gasteiger partial charge in [0.1, 0.15) is 5.60 Å². The van der Waals surface area contributed by atoms with E-state index in [0.717, 1.165) is 0 Å². The van der Waals surface area contributed by atoms with Crippen LogP contribution in [-0.2, 0) is 4.74 Å². The van der Waals surface area contributed by atoms with Gasteiger partial charge in [-0.05, 0) is 33.6 Å². The van der Waals surface area contributed by atoms with Crippen LogP contribution in [0, 0.1) is 5.92 Å². The molecule has 8 heteroatoms. The number of carbonyl (C=O) groups excluding carboxylic acids is 1. The first-order chi connectivity index (χ1) is 8.07. The van der Waals surface area contributed by atoms with E-state index < -0.39 is 25.0 Å². The molecule has 1 aliphatic heterocycles. The van der Waals surface area contributed by atoms with Gasteiger partial charge in [-0.2, -0.15) is 0 Å². The molecule has 3 nitrogen and oxygen atoms in total. The zero-order valence-electron chi connectivity index (χ0n) is 12.1. The van der Waals surface area contributed by atoms with Crippen molar-refractivity contribution in [2.75, 3.05) is 13.1 Å². The molecule has 1 rings (SSSR count). The summed E-state index contributed by atoms with van der Waals surface area (Å²) in [5.41, 5.74) is -0.566. The second kappa shape index (κ2) is 7.68. The van der Waals surface area contributed by atoms with E-state index in [9.17, 15) is 17.7 Å². The first kappa shape index (κ1) is 19.8. The number of nitrogens with zero attached hydrogens (tertiary/aromatic N) is 1. The smallest absolute Gasteiger partial charge is 0.449 e. The molecule has 0 bridgehead atoms. The van der Waals surface area contributed by atoms with Gasteiger partial charge in [-0.3, -0.25) is 0 Å². The monoisotopic (exact) mass is 305 g/mol. The summed E-state index contributed by atoms with van der Waals surface area (Å²) in [5, 5.41) is 0. The van der Waals surface area contributed by atoms with Crippen molar-refractivity contribution in [3.8, 4) is 0 Å². The Morgan fingerprint density at radius 2 is 1.74 bits per heavy atom. The molecule has 1 amide bonds. The third-order valence-corrected chi connectivity index (χ3v) is 2.87. The molecule has 106 valence electrons. The van der Waals surface area contributed by atoms with Gasteiger partial charge < -0.3 is 22.6 Å². The van der Waals surface area contributed by atoms with Crippen molar-refractivity contribution in [2.24, 2.45) is 5.92 Å². The van der Waals surface area contributed by atoms with Crippen LogP contribution in [0.15, 0.2) is 0 Å². The quantitative estimate of drug-likeness (QED) is 0.695. The van der Waals surface area contributed by atoms with Crippen molar-refractivity contribution < 1.29 is 73.9 Å². The Morgan fingerprint density at radius 1 is 1.26 bits per heavy atom. The molecule has 0 aliphatic carbocycles. The van der Waals surface area contributed by atoms with Gasteiger partial charge >= 0.3 is 64.5 Å². The molecule has 0 aromatic rings. The molecular formula is C11H20BF3KNO2. The predicted molar refractivity (Wildman–Crippen MR) is 64.4 cm³/mol. The first-order valence-electron chi connectivity index (χ1n) is 6.26. The topological polar surface area (TPSA) is 29.5 Å². The van der Waals surface area contributed by atoms with Crippen molar-refractivity contribution in [1.29, 1.82) is 0 Å².